The molecule has 230 valence electrons. The van der Waals surface area contributed by atoms with Crippen LogP contribution in [0.2, 0.25) is 18.1 Å². The lowest BCUT2D eigenvalue weighted by Gasteiger charge is -2.58. The predicted octanol–water partition coefficient (Wildman–Crippen LogP) is 8.44. The van der Waals surface area contributed by atoms with Gasteiger partial charge in [-0.05, 0) is 117 Å². The Morgan fingerprint density at radius 3 is 2.34 bits per heavy atom. The molecule has 3 saturated carbocycles. The Morgan fingerprint density at radius 2 is 1.66 bits per heavy atom. The molecular formula is C34H54O5SSi. The van der Waals surface area contributed by atoms with Crippen LogP contribution >= 0.6 is 0 Å². The van der Waals surface area contributed by atoms with E-state index < -0.39 is 18.4 Å². The van der Waals surface area contributed by atoms with Crippen molar-refractivity contribution in [2.24, 2.45) is 28.6 Å². The molecule has 0 amide bonds. The number of rotatable bonds is 8. The van der Waals surface area contributed by atoms with Gasteiger partial charge in [-0.2, -0.15) is 8.42 Å². The number of aryl methyl sites for hydroxylation is 1. The van der Waals surface area contributed by atoms with E-state index in [0.29, 0.717) is 30.0 Å². The van der Waals surface area contributed by atoms with Gasteiger partial charge in [0.15, 0.2) is 8.32 Å². The highest BCUT2D eigenvalue weighted by molar-refractivity contribution is 7.86. The Balaban J connectivity index is 1.19. The maximum absolute atomic E-state index is 12.6. The fraction of sp³-hybridized carbons (Fsp3) is 0.765. The highest BCUT2D eigenvalue weighted by Crippen LogP contribution is 2.65. The SMILES string of the molecule is Cc1ccc(S(=O)(=O)OCCO[C@H]2CC[C@H]3[C@@H]4CC=C5C[C@@H](O[Si](C)(C)C(C)(C)C)CC[C@]5(C)[C@H]4CC[C@]23C)cc1. The Kier molecular flexibility index (Phi) is 8.57. The van der Waals surface area contributed by atoms with Crippen molar-refractivity contribution in [3.8, 4) is 0 Å². The van der Waals surface area contributed by atoms with Crippen LogP contribution in [0.3, 0.4) is 0 Å². The average molecular weight is 603 g/mol. The van der Waals surface area contributed by atoms with Crippen LogP contribution in [0, 0.1) is 35.5 Å². The van der Waals surface area contributed by atoms with Gasteiger partial charge in [-0.1, -0.05) is 64.0 Å². The molecule has 0 aliphatic heterocycles. The van der Waals surface area contributed by atoms with Crippen LogP contribution in [-0.2, 0) is 23.5 Å². The van der Waals surface area contributed by atoms with E-state index in [1.807, 2.05) is 6.92 Å². The van der Waals surface area contributed by atoms with Crippen molar-refractivity contribution in [1.82, 2.24) is 0 Å². The fourth-order valence-electron chi connectivity index (χ4n) is 8.65. The third kappa shape index (κ3) is 5.92. The lowest BCUT2D eigenvalue weighted by molar-refractivity contribution is -0.0957. The van der Waals surface area contributed by atoms with Crippen molar-refractivity contribution in [2.45, 2.75) is 128 Å². The molecule has 5 nitrogen and oxygen atoms in total. The summed E-state index contributed by atoms with van der Waals surface area (Å²) < 4.78 is 43.8. The number of hydrogen-bond acceptors (Lipinski definition) is 5. The van der Waals surface area contributed by atoms with E-state index in [1.165, 1.54) is 38.5 Å². The predicted molar refractivity (Wildman–Crippen MR) is 168 cm³/mol. The Bertz CT molecular complexity index is 1230. The maximum Gasteiger partial charge on any atom is 0.297 e. The van der Waals surface area contributed by atoms with Crippen LogP contribution in [0.5, 0.6) is 0 Å². The minimum absolute atomic E-state index is 0.0573. The third-order valence-corrected chi connectivity index (χ3v) is 18.1. The molecule has 5 rings (SSSR count). The second-order valence-electron chi connectivity index (χ2n) is 15.6. The Labute approximate surface area is 251 Å². The summed E-state index contributed by atoms with van der Waals surface area (Å²) in [6, 6.07) is 6.79. The summed E-state index contributed by atoms with van der Waals surface area (Å²) in [5.74, 6) is 2.13. The zero-order valence-corrected chi connectivity index (χ0v) is 28.6. The van der Waals surface area contributed by atoms with E-state index in [4.69, 9.17) is 13.3 Å². The summed E-state index contributed by atoms with van der Waals surface area (Å²) in [4.78, 5) is 0.202. The molecule has 0 unspecified atom stereocenters. The summed E-state index contributed by atoms with van der Waals surface area (Å²) in [6.07, 6.45) is 12.6. The number of ether oxygens (including phenoxy) is 1. The van der Waals surface area contributed by atoms with E-state index in [2.05, 4.69) is 53.8 Å². The first-order chi connectivity index (χ1) is 19.1. The topological polar surface area (TPSA) is 61.8 Å². The Hall–Kier alpha value is -0.993. The summed E-state index contributed by atoms with van der Waals surface area (Å²) in [5.41, 5.74) is 3.15. The molecule has 41 heavy (non-hydrogen) atoms. The first kappa shape index (κ1) is 31.4. The van der Waals surface area contributed by atoms with E-state index in [0.717, 1.165) is 24.3 Å². The van der Waals surface area contributed by atoms with Gasteiger partial charge in [0.25, 0.3) is 10.1 Å². The van der Waals surface area contributed by atoms with Crippen LogP contribution in [0.15, 0.2) is 40.8 Å². The molecule has 1 aromatic carbocycles. The van der Waals surface area contributed by atoms with Crippen LogP contribution in [-0.4, -0.2) is 42.2 Å². The van der Waals surface area contributed by atoms with Gasteiger partial charge >= 0.3 is 0 Å². The first-order valence-electron chi connectivity index (χ1n) is 16.0. The van der Waals surface area contributed by atoms with Gasteiger partial charge in [-0.3, -0.25) is 4.18 Å². The zero-order chi connectivity index (χ0) is 29.8. The summed E-state index contributed by atoms with van der Waals surface area (Å²) in [5, 5.41) is 0.246. The van der Waals surface area contributed by atoms with Gasteiger partial charge in [-0.25, -0.2) is 0 Å². The molecule has 1 aromatic rings. The summed E-state index contributed by atoms with van der Waals surface area (Å²) in [6.45, 7) is 19.1. The summed E-state index contributed by atoms with van der Waals surface area (Å²) in [7, 11) is -5.53. The standard InChI is InChI=1S/C34H54O5SSi/c1-24-9-12-27(13-10-24)40(35,36)38-22-21-37-31-16-15-29-28-14-11-25-23-26(39-41(7,8)32(2,3)4)17-19-33(25,5)30(28)18-20-34(29,31)6/h9-13,26,28-31H,14-23H2,1-8H3/t26-,28-,29-,30-,31-,33-,34-/m0/s1. The van der Waals surface area contributed by atoms with Gasteiger partial charge < -0.3 is 9.16 Å². The lowest BCUT2D eigenvalue weighted by Crippen LogP contribution is -2.52. The normalized spacial score (nSPS) is 35.8. The smallest absolute Gasteiger partial charge is 0.297 e. The van der Waals surface area contributed by atoms with Crippen molar-refractivity contribution in [3.05, 3.63) is 41.5 Å². The van der Waals surface area contributed by atoms with E-state index in [1.54, 1.807) is 29.8 Å². The average Bonchev–Trinajstić information content (AvgIpc) is 3.22. The second-order valence-corrected chi connectivity index (χ2v) is 21.9. The fourth-order valence-corrected chi connectivity index (χ4v) is 10.9. The largest absolute Gasteiger partial charge is 0.414 e. The van der Waals surface area contributed by atoms with Gasteiger partial charge in [0.05, 0.1) is 24.2 Å². The zero-order valence-electron chi connectivity index (χ0n) is 26.8. The molecule has 0 aromatic heterocycles. The molecule has 3 fully saturated rings. The molecule has 0 heterocycles. The van der Waals surface area contributed by atoms with Crippen molar-refractivity contribution in [2.75, 3.05) is 13.2 Å². The molecule has 0 radical (unpaired) electrons. The van der Waals surface area contributed by atoms with Crippen molar-refractivity contribution < 1.29 is 21.8 Å². The van der Waals surface area contributed by atoms with Gasteiger partial charge in [-0.15, -0.1) is 0 Å². The van der Waals surface area contributed by atoms with E-state index in [9.17, 15) is 8.42 Å². The van der Waals surface area contributed by atoms with Crippen molar-refractivity contribution >= 4 is 18.4 Å². The van der Waals surface area contributed by atoms with Gasteiger partial charge in [0, 0.05) is 6.10 Å². The molecule has 7 heteroatoms. The van der Waals surface area contributed by atoms with Gasteiger partial charge in [0.2, 0.25) is 0 Å². The number of benzene rings is 1. The van der Waals surface area contributed by atoms with Crippen molar-refractivity contribution in [1.29, 1.82) is 0 Å². The molecule has 4 aliphatic carbocycles. The second kappa shape index (κ2) is 11.2. The van der Waals surface area contributed by atoms with E-state index in [-0.39, 0.29) is 28.1 Å². The summed E-state index contributed by atoms with van der Waals surface area (Å²) >= 11 is 0. The monoisotopic (exact) mass is 602 g/mol. The van der Waals surface area contributed by atoms with Crippen LogP contribution in [0.25, 0.3) is 0 Å². The highest BCUT2D eigenvalue weighted by atomic mass is 32.2. The van der Waals surface area contributed by atoms with Crippen LogP contribution in [0.4, 0.5) is 0 Å². The third-order valence-electron chi connectivity index (χ3n) is 12.2. The molecule has 0 spiro atoms. The first-order valence-corrected chi connectivity index (χ1v) is 20.3. The molecule has 7 atom stereocenters. The van der Waals surface area contributed by atoms with Crippen LogP contribution < -0.4 is 0 Å². The Morgan fingerprint density at radius 1 is 0.951 bits per heavy atom. The minimum Gasteiger partial charge on any atom is -0.414 e. The molecule has 0 saturated heterocycles. The minimum atomic E-state index is -3.76. The highest BCUT2D eigenvalue weighted by Gasteiger charge is 2.59. The number of allylic oxidation sites excluding steroid dienone is 1. The van der Waals surface area contributed by atoms with Gasteiger partial charge in [0.1, 0.15) is 0 Å². The molecule has 0 bridgehead atoms. The van der Waals surface area contributed by atoms with Crippen LogP contribution in [0.1, 0.15) is 91.5 Å². The number of hydrogen-bond donors (Lipinski definition) is 0. The maximum atomic E-state index is 12.6. The van der Waals surface area contributed by atoms with Crippen molar-refractivity contribution in [3.63, 3.8) is 0 Å². The molecule has 4 aliphatic rings. The molecule has 0 N–H and O–H groups in total. The lowest BCUT2D eigenvalue weighted by atomic mass is 9.48. The molecular weight excluding hydrogens is 549 g/mol. The number of fused-ring (bicyclic) bond motifs is 5. The van der Waals surface area contributed by atoms with E-state index >= 15 is 0 Å². The quantitative estimate of drug-likeness (QED) is 0.129.